The molecular weight excluding hydrogens is 392 g/mol. The zero-order valence-electron chi connectivity index (χ0n) is 16.5. The third kappa shape index (κ3) is 3.35. The molecule has 6 heteroatoms. The second-order valence-corrected chi connectivity index (χ2v) is 7.95. The smallest absolute Gasteiger partial charge is 0.244 e. The van der Waals surface area contributed by atoms with E-state index >= 15 is 0 Å². The topological polar surface area (TPSA) is 62.7 Å². The summed E-state index contributed by atoms with van der Waals surface area (Å²) in [4.78, 5) is 12.8. The van der Waals surface area contributed by atoms with Crippen molar-refractivity contribution < 1.29 is 4.79 Å². The third-order valence-corrected chi connectivity index (χ3v) is 5.73. The molecule has 1 aliphatic carbocycles. The molecule has 0 atom stereocenters. The lowest BCUT2D eigenvalue weighted by molar-refractivity contribution is -0.116. The van der Waals surface area contributed by atoms with Gasteiger partial charge >= 0.3 is 0 Å². The summed E-state index contributed by atoms with van der Waals surface area (Å²) in [5.74, 6) is 0.514. The predicted octanol–water partition coefficient (Wildman–Crippen LogP) is 5.13. The number of H-pyrrole nitrogens is 1. The highest BCUT2D eigenvalue weighted by Crippen LogP contribution is 2.37. The fourth-order valence-corrected chi connectivity index (χ4v) is 4.23. The van der Waals surface area contributed by atoms with E-state index in [9.17, 15) is 4.79 Å². The molecule has 1 amide bonds. The first-order chi connectivity index (χ1) is 14.6. The minimum absolute atomic E-state index is 0.0932. The number of fused-ring (bicyclic) bond motifs is 3. The lowest BCUT2D eigenvalue weighted by atomic mass is 10.1. The Balaban J connectivity index is 1.36. The second kappa shape index (κ2) is 7.39. The number of carbonyl (C=O) groups excluding carboxylic acids is 1. The van der Waals surface area contributed by atoms with Crippen molar-refractivity contribution in [2.45, 2.75) is 19.9 Å². The minimum atomic E-state index is -0.142. The average Bonchev–Trinajstić information content (AvgIpc) is 3.28. The summed E-state index contributed by atoms with van der Waals surface area (Å²) in [6, 6.07) is 22.5. The van der Waals surface area contributed by atoms with Crippen LogP contribution in [-0.2, 0) is 17.8 Å². The van der Waals surface area contributed by atoms with E-state index in [1.807, 2.05) is 37.3 Å². The molecule has 0 spiro atoms. The Morgan fingerprint density at radius 1 is 1.07 bits per heavy atom. The molecule has 0 saturated carbocycles. The standard InChI is InChI=1S/C24H20N4OS/c1-15-5-4-7-17(11-15)23-26-27-24(30)28(23)14-22(29)25-19-9-10-21-18(13-19)12-16-6-2-3-8-20(16)21/h2-11,13H,12,14H2,1H3,(H,25,29)(H,27,30). The number of hydrogen-bond donors (Lipinski definition) is 2. The van der Waals surface area contributed by atoms with Crippen molar-refractivity contribution in [3.05, 3.63) is 88.2 Å². The summed E-state index contributed by atoms with van der Waals surface area (Å²) >= 11 is 5.36. The van der Waals surface area contributed by atoms with Crippen molar-refractivity contribution >= 4 is 23.8 Å². The molecule has 5 rings (SSSR count). The van der Waals surface area contributed by atoms with Crippen LogP contribution in [0.3, 0.4) is 0 Å². The van der Waals surface area contributed by atoms with Crippen molar-refractivity contribution in [3.8, 4) is 22.5 Å². The maximum absolute atomic E-state index is 12.8. The normalized spacial score (nSPS) is 11.8. The van der Waals surface area contributed by atoms with E-state index in [0.29, 0.717) is 10.6 Å². The summed E-state index contributed by atoms with van der Waals surface area (Å²) in [6.45, 7) is 2.11. The average molecular weight is 413 g/mol. The van der Waals surface area contributed by atoms with Gasteiger partial charge in [-0.1, -0.05) is 54.1 Å². The Morgan fingerprint density at radius 3 is 2.77 bits per heavy atom. The van der Waals surface area contributed by atoms with Gasteiger partial charge in [-0.15, -0.1) is 0 Å². The number of amides is 1. The van der Waals surface area contributed by atoms with Crippen LogP contribution in [-0.4, -0.2) is 20.7 Å². The van der Waals surface area contributed by atoms with E-state index in [-0.39, 0.29) is 12.5 Å². The fraction of sp³-hybridized carbons (Fsp3) is 0.125. The first-order valence-corrected chi connectivity index (χ1v) is 10.2. The molecule has 0 bridgehead atoms. The van der Waals surface area contributed by atoms with Crippen LogP contribution in [0.25, 0.3) is 22.5 Å². The molecule has 0 aliphatic heterocycles. The largest absolute Gasteiger partial charge is 0.325 e. The number of aromatic amines is 1. The number of benzene rings is 3. The molecule has 2 N–H and O–H groups in total. The summed E-state index contributed by atoms with van der Waals surface area (Å²) < 4.78 is 2.15. The number of anilines is 1. The highest BCUT2D eigenvalue weighted by molar-refractivity contribution is 7.71. The van der Waals surface area contributed by atoms with E-state index in [0.717, 1.165) is 23.2 Å². The molecule has 4 aromatic rings. The van der Waals surface area contributed by atoms with Crippen molar-refractivity contribution in [1.82, 2.24) is 14.8 Å². The zero-order chi connectivity index (χ0) is 20.7. The van der Waals surface area contributed by atoms with Gasteiger partial charge in [-0.25, -0.2) is 0 Å². The van der Waals surface area contributed by atoms with Gasteiger partial charge in [0.1, 0.15) is 6.54 Å². The van der Waals surface area contributed by atoms with E-state index < -0.39 is 0 Å². The molecule has 30 heavy (non-hydrogen) atoms. The fourth-order valence-electron chi connectivity index (χ4n) is 4.04. The highest BCUT2D eigenvalue weighted by atomic mass is 32.1. The van der Waals surface area contributed by atoms with Gasteiger partial charge in [0.2, 0.25) is 5.91 Å². The van der Waals surface area contributed by atoms with Crippen molar-refractivity contribution in [3.63, 3.8) is 0 Å². The van der Waals surface area contributed by atoms with Gasteiger partial charge in [-0.2, -0.15) is 5.10 Å². The SMILES string of the molecule is Cc1cccc(-c2n[nH]c(=S)n2CC(=O)Nc2ccc3c(c2)Cc2ccccc2-3)c1. The first-order valence-electron chi connectivity index (χ1n) is 9.82. The van der Waals surface area contributed by atoms with Gasteiger partial charge < -0.3 is 5.32 Å². The Bertz CT molecular complexity index is 1340. The molecule has 148 valence electrons. The highest BCUT2D eigenvalue weighted by Gasteiger charge is 2.19. The van der Waals surface area contributed by atoms with Crippen LogP contribution in [0.5, 0.6) is 0 Å². The minimum Gasteiger partial charge on any atom is -0.325 e. The van der Waals surface area contributed by atoms with Crippen LogP contribution in [0.2, 0.25) is 0 Å². The Morgan fingerprint density at radius 2 is 1.90 bits per heavy atom. The quantitative estimate of drug-likeness (QED) is 0.403. The van der Waals surface area contributed by atoms with Crippen LogP contribution in [0.15, 0.2) is 66.7 Å². The number of aromatic nitrogens is 3. The van der Waals surface area contributed by atoms with Crippen LogP contribution in [0.1, 0.15) is 16.7 Å². The Kier molecular flexibility index (Phi) is 4.56. The molecule has 3 aromatic carbocycles. The Labute approximate surface area is 179 Å². The molecular formula is C24H20N4OS. The van der Waals surface area contributed by atoms with Gasteiger partial charge in [-0.05, 0) is 66.0 Å². The number of nitrogens with one attached hydrogen (secondary N) is 2. The Hall–Kier alpha value is -3.51. The van der Waals surface area contributed by atoms with Crippen LogP contribution in [0, 0.1) is 11.7 Å². The van der Waals surface area contributed by atoms with Crippen molar-refractivity contribution in [2.24, 2.45) is 0 Å². The first kappa shape index (κ1) is 18.5. The summed E-state index contributed by atoms with van der Waals surface area (Å²) in [5, 5.41) is 10.1. The maximum atomic E-state index is 12.8. The number of nitrogens with zero attached hydrogens (tertiary/aromatic N) is 2. The van der Waals surface area contributed by atoms with Crippen LogP contribution in [0.4, 0.5) is 5.69 Å². The van der Waals surface area contributed by atoms with Gasteiger partial charge in [0, 0.05) is 11.3 Å². The maximum Gasteiger partial charge on any atom is 0.244 e. The molecule has 0 saturated heterocycles. The molecule has 1 heterocycles. The number of carbonyl (C=O) groups is 1. The molecule has 0 radical (unpaired) electrons. The second-order valence-electron chi connectivity index (χ2n) is 7.56. The third-order valence-electron chi connectivity index (χ3n) is 5.41. The number of hydrogen-bond acceptors (Lipinski definition) is 3. The van der Waals surface area contributed by atoms with Crippen LogP contribution >= 0.6 is 12.2 Å². The lowest BCUT2D eigenvalue weighted by Crippen LogP contribution is -2.19. The van der Waals surface area contributed by atoms with E-state index in [4.69, 9.17) is 12.2 Å². The molecule has 0 unspecified atom stereocenters. The molecule has 1 aliphatic rings. The number of aryl methyl sites for hydroxylation is 1. The van der Waals surface area contributed by atoms with E-state index in [1.165, 1.54) is 22.3 Å². The molecule has 1 aromatic heterocycles. The monoisotopic (exact) mass is 412 g/mol. The zero-order valence-corrected chi connectivity index (χ0v) is 17.3. The summed E-state index contributed by atoms with van der Waals surface area (Å²) in [6.07, 6.45) is 0.888. The lowest BCUT2D eigenvalue weighted by Gasteiger charge is -2.10. The van der Waals surface area contributed by atoms with Gasteiger partial charge in [0.25, 0.3) is 0 Å². The van der Waals surface area contributed by atoms with Crippen molar-refractivity contribution in [2.75, 3.05) is 5.32 Å². The van der Waals surface area contributed by atoms with Crippen molar-refractivity contribution in [1.29, 1.82) is 0 Å². The molecule has 5 nitrogen and oxygen atoms in total. The van der Waals surface area contributed by atoms with Gasteiger partial charge in [-0.3, -0.25) is 14.5 Å². The van der Waals surface area contributed by atoms with E-state index in [2.05, 4.69) is 51.9 Å². The van der Waals surface area contributed by atoms with E-state index in [1.54, 1.807) is 4.57 Å². The number of rotatable bonds is 4. The summed E-state index contributed by atoms with van der Waals surface area (Å²) in [5.41, 5.74) is 7.90. The summed E-state index contributed by atoms with van der Waals surface area (Å²) in [7, 11) is 0. The van der Waals surface area contributed by atoms with Crippen LogP contribution < -0.4 is 5.32 Å². The predicted molar refractivity (Wildman–Crippen MR) is 121 cm³/mol. The van der Waals surface area contributed by atoms with Gasteiger partial charge in [0.05, 0.1) is 0 Å². The van der Waals surface area contributed by atoms with Gasteiger partial charge in [0.15, 0.2) is 10.6 Å². The molecule has 0 fully saturated rings.